The first kappa shape index (κ1) is 25.1. The summed E-state index contributed by atoms with van der Waals surface area (Å²) in [5, 5.41) is 3.14. The first-order valence-electron chi connectivity index (χ1n) is 10.2. The SMILES string of the molecule is Cc1ccccc1NS(=O)(=O)c1cc(C(=O)NCCSCc2c(F)cccc2Cl)ccc1C. The monoisotopic (exact) mass is 506 g/mol. The number of nitrogens with one attached hydrogen (secondary N) is 2. The predicted octanol–water partition coefficient (Wildman–Crippen LogP) is 5.56. The largest absolute Gasteiger partial charge is 0.351 e. The van der Waals surface area contributed by atoms with Crippen LogP contribution in [0, 0.1) is 19.7 Å². The standard InChI is InChI=1S/C24H24ClFN2O3S2/c1-16-6-3-4-9-22(16)28-33(30,31)23-14-18(11-10-17(23)2)24(29)27-12-13-32-15-19-20(25)7-5-8-21(19)26/h3-11,14,28H,12-13,15H2,1-2H3,(H,27,29). The van der Waals surface area contributed by atoms with E-state index in [4.69, 9.17) is 11.6 Å². The molecule has 0 saturated heterocycles. The van der Waals surface area contributed by atoms with Crippen LogP contribution < -0.4 is 10.0 Å². The van der Waals surface area contributed by atoms with Crippen LogP contribution in [0.25, 0.3) is 0 Å². The Morgan fingerprint density at radius 3 is 2.52 bits per heavy atom. The highest BCUT2D eigenvalue weighted by Crippen LogP contribution is 2.24. The Kier molecular flexibility index (Phi) is 8.40. The van der Waals surface area contributed by atoms with Gasteiger partial charge in [-0.2, -0.15) is 11.8 Å². The van der Waals surface area contributed by atoms with Crippen molar-refractivity contribution in [2.75, 3.05) is 17.0 Å². The number of amides is 1. The molecule has 0 radical (unpaired) electrons. The maximum absolute atomic E-state index is 13.8. The number of aryl methyl sites for hydroxylation is 2. The topological polar surface area (TPSA) is 75.3 Å². The summed E-state index contributed by atoms with van der Waals surface area (Å²) in [5.41, 5.74) is 2.49. The van der Waals surface area contributed by atoms with Crippen molar-refractivity contribution in [3.63, 3.8) is 0 Å². The summed E-state index contributed by atoms with van der Waals surface area (Å²) in [4.78, 5) is 12.6. The summed E-state index contributed by atoms with van der Waals surface area (Å²) < 4.78 is 42.3. The van der Waals surface area contributed by atoms with Crippen LogP contribution in [0.15, 0.2) is 65.6 Å². The van der Waals surface area contributed by atoms with E-state index in [-0.39, 0.29) is 22.2 Å². The molecule has 3 aromatic rings. The number of benzene rings is 3. The number of carbonyl (C=O) groups excluding carboxylic acids is 1. The Hall–Kier alpha value is -2.55. The molecule has 0 aromatic heterocycles. The lowest BCUT2D eigenvalue weighted by Crippen LogP contribution is -2.26. The molecule has 174 valence electrons. The third-order valence-corrected chi connectivity index (χ3v) is 7.82. The highest BCUT2D eigenvalue weighted by atomic mass is 35.5. The lowest BCUT2D eigenvalue weighted by molar-refractivity contribution is 0.0956. The van der Waals surface area contributed by atoms with Crippen molar-refractivity contribution in [2.24, 2.45) is 0 Å². The Bertz CT molecular complexity index is 1250. The summed E-state index contributed by atoms with van der Waals surface area (Å²) in [6.07, 6.45) is 0. The number of para-hydroxylation sites is 1. The summed E-state index contributed by atoms with van der Waals surface area (Å²) in [6.45, 7) is 3.83. The first-order chi connectivity index (χ1) is 15.7. The normalized spacial score (nSPS) is 11.3. The average molecular weight is 507 g/mol. The minimum absolute atomic E-state index is 0.0435. The van der Waals surface area contributed by atoms with Gasteiger partial charge in [-0.25, -0.2) is 12.8 Å². The molecule has 0 atom stereocenters. The molecule has 0 fully saturated rings. The highest BCUT2D eigenvalue weighted by Gasteiger charge is 2.20. The molecule has 0 saturated carbocycles. The molecule has 0 spiro atoms. The summed E-state index contributed by atoms with van der Waals surface area (Å²) >= 11 is 7.46. The molecule has 3 aromatic carbocycles. The second kappa shape index (κ2) is 11.0. The zero-order chi connectivity index (χ0) is 24.0. The van der Waals surface area contributed by atoms with Crippen LogP contribution >= 0.6 is 23.4 Å². The summed E-state index contributed by atoms with van der Waals surface area (Å²) in [5.74, 6) is 0.194. The highest BCUT2D eigenvalue weighted by molar-refractivity contribution is 7.98. The van der Waals surface area contributed by atoms with Crippen LogP contribution in [0.4, 0.5) is 10.1 Å². The fourth-order valence-electron chi connectivity index (χ4n) is 3.10. The van der Waals surface area contributed by atoms with Crippen LogP contribution in [0.5, 0.6) is 0 Å². The van der Waals surface area contributed by atoms with E-state index < -0.39 is 10.0 Å². The zero-order valence-corrected chi connectivity index (χ0v) is 20.6. The number of carbonyl (C=O) groups is 1. The minimum atomic E-state index is -3.87. The molecule has 3 rings (SSSR count). The van der Waals surface area contributed by atoms with Crippen LogP contribution in [-0.4, -0.2) is 26.6 Å². The molecule has 0 bridgehead atoms. The molecule has 33 heavy (non-hydrogen) atoms. The maximum Gasteiger partial charge on any atom is 0.262 e. The Labute approximate surface area is 202 Å². The van der Waals surface area contributed by atoms with Crippen LogP contribution in [0.1, 0.15) is 27.0 Å². The molecular formula is C24H24ClFN2O3S2. The van der Waals surface area contributed by atoms with Gasteiger partial charge in [0.1, 0.15) is 5.82 Å². The van der Waals surface area contributed by atoms with Gasteiger partial charge in [0.25, 0.3) is 15.9 Å². The molecular weight excluding hydrogens is 483 g/mol. The Balaban J connectivity index is 1.61. The predicted molar refractivity (Wildman–Crippen MR) is 133 cm³/mol. The minimum Gasteiger partial charge on any atom is -0.351 e. The number of sulfonamides is 1. The van der Waals surface area contributed by atoms with Gasteiger partial charge >= 0.3 is 0 Å². The second-order valence-electron chi connectivity index (χ2n) is 7.41. The molecule has 9 heteroatoms. The quantitative estimate of drug-likeness (QED) is 0.372. The number of hydrogen-bond acceptors (Lipinski definition) is 4. The van der Waals surface area contributed by atoms with Crippen LogP contribution in [-0.2, 0) is 15.8 Å². The van der Waals surface area contributed by atoms with Crippen LogP contribution in [0.2, 0.25) is 5.02 Å². The third-order valence-electron chi connectivity index (χ3n) is 4.97. The second-order valence-corrected chi connectivity index (χ2v) is 10.6. The number of rotatable bonds is 9. The molecule has 5 nitrogen and oxygen atoms in total. The zero-order valence-electron chi connectivity index (χ0n) is 18.2. The van der Waals surface area contributed by atoms with E-state index in [1.807, 2.05) is 19.1 Å². The average Bonchev–Trinajstić information content (AvgIpc) is 2.77. The summed E-state index contributed by atoms with van der Waals surface area (Å²) in [7, 11) is -3.87. The fourth-order valence-corrected chi connectivity index (χ4v) is 5.70. The molecule has 2 N–H and O–H groups in total. The Morgan fingerprint density at radius 2 is 1.79 bits per heavy atom. The van der Waals surface area contributed by atoms with E-state index in [1.165, 1.54) is 23.9 Å². The molecule has 0 unspecified atom stereocenters. The summed E-state index contributed by atoms with van der Waals surface area (Å²) in [6, 6.07) is 16.2. The fraction of sp³-hybridized carbons (Fsp3) is 0.208. The van der Waals surface area contributed by atoms with Gasteiger partial charge in [0, 0.05) is 34.2 Å². The number of anilines is 1. The van der Waals surface area contributed by atoms with Crippen molar-refractivity contribution < 1.29 is 17.6 Å². The van der Waals surface area contributed by atoms with Crippen molar-refractivity contribution in [2.45, 2.75) is 24.5 Å². The maximum atomic E-state index is 13.8. The van der Waals surface area contributed by atoms with E-state index in [0.717, 1.165) is 5.56 Å². The van der Waals surface area contributed by atoms with Gasteiger partial charge in [0.2, 0.25) is 0 Å². The van der Waals surface area contributed by atoms with Crippen LogP contribution in [0.3, 0.4) is 0 Å². The number of thioether (sulfide) groups is 1. The number of halogens is 2. The van der Waals surface area contributed by atoms with Gasteiger partial charge in [-0.1, -0.05) is 41.9 Å². The van der Waals surface area contributed by atoms with Gasteiger partial charge in [0.15, 0.2) is 0 Å². The molecule has 0 heterocycles. The van der Waals surface area contributed by atoms with Gasteiger partial charge in [-0.3, -0.25) is 9.52 Å². The van der Waals surface area contributed by atoms with Crippen molar-refractivity contribution in [1.29, 1.82) is 0 Å². The van der Waals surface area contributed by atoms with E-state index in [2.05, 4.69) is 10.0 Å². The third kappa shape index (κ3) is 6.50. The lowest BCUT2D eigenvalue weighted by atomic mass is 10.1. The van der Waals surface area contributed by atoms with Crippen molar-refractivity contribution >= 4 is 45.0 Å². The van der Waals surface area contributed by atoms with E-state index in [1.54, 1.807) is 43.3 Å². The molecule has 0 aliphatic heterocycles. The molecule has 1 amide bonds. The molecule has 0 aliphatic rings. The van der Waals surface area contributed by atoms with Gasteiger partial charge < -0.3 is 5.32 Å². The van der Waals surface area contributed by atoms with Crippen molar-refractivity contribution in [3.8, 4) is 0 Å². The van der Waals surface area contributed by atoms with E-state index in [0.29, 0.717) is 39.9 Å². The lowest BCUT2D eigenvalue weighted by Gasteiger charge is -2.13. The number of hydrogen-bond donors (Lipinski definition) is 2. The van der Waals surface area contributed by atoms with Gasteiger partial charge in [0.05, 0.1) is 10.6 Å². The van der Waals surface area contributed by atoms with Crippen molar-refractivity contribution in [3.05, 3.63) is 93.8 Å². The van der Waals surface area contributed by atoms with E-state index >= 15 is 0 Å². The Morgan fingerprint density at radius 1 is 1.03 bits per heavy atom. The first-order valence-corrected chi connectivity index (χ1v) is 13.2. The van der Waals surface area contributed by atoms with Crippen molar-refractivity contribution in [1.82, 2.24) is 5.32 Å². The van der Waals surface area contributed by atoms with Gasteiger partial charge in [-0.05, 0) is 55.3 Å². The smallest absolute Gasteiger partial charge is 0.262 e. The molecule has 0 aliphatic carbocycles. The van der Waals surface area contributed by atoms with E-state index in [9.17, 15) is 17.6 Å². The van der Waals surface area contributed by atoms with Gasteiger partial charge in [-0.15, -0.1) is 0 Å².